The van der Waals surface area contributed by atoms with Gasteiger partial charge < -0.3 is 14.2 Å². The smallest absolute Gasteiger partial charge is 0.306 e. The predicted octanol–water partition coefficient (Wildman–Crippen LogP) is 20.3. The van der Waals surface area contributed by atoms with E-state index in [-0.39, 0.29) is 31.1 Å². The molecule has 1 unspecified atom stereocenters. The quantitative estimate of drug-likeness (QED) is 0.0261. The average molecular weight is 990 g/mol. The zero-order valence-corrected chi connectivity index (χ0v) is 46.7. The fourth-order valence-corrected chi connectivity index (χ4v) is 8.34. The van der Waals surface area contributed by atoms with Gasteiger partial charge in [0.1, 0.15) is 13.2 Å². The first-order chi connectivity index (χ1) is 35.0. The lowest BCUT2D eigenvalue weighted by Crippen LogP contribution is -2.30. The van der Waals surface area contributed by atoms with Crippen LogP contribution in [0.25, 0.3) is 0 Å². The summed E-state index contributed by atoms with van der Waals surface area (Å²) >= 11 is 0. The summed E-state index contributed by atoms with van der Waals surface area (Å²) in [5, 5.41) is 0. The first kappa shape index (κ1) is 67.6. The van der Waals surface area contributed by atoms with E-state index in [2.05, 4.69) is 106 Å². The number of hydrogen-bond donors (Lipinski definition) is 0. The Hall–Kier alpha value is -3.41. The highest BCUT2D eigenvalue weighted by Gasteiger charge is 2.19. The van der Waals surface area contributed by atoms with E-state index in [1.807, 2.05) is 0 Å². The Balaban J connectivity index is 4.44. The monoisotopic (exact) mass is 989 g/mol. The molecule has 71 heavy (non-hydrogen) atoms. The van der Waals surface area contributed by atoms with Crippen LogP contribution in [-0.2, 0) is 28.6 Å². The van der Waals surface area contributed by atoms with Crippen molar-refractivity contribution in [2.75, 3.05) is 13.2 Å². The van der Waals surface area contributed by atoms with Crippen LogP contribution < -0.4 is 0 Å². The molecule has 1 atom stereocenters. The molecule has 0 aromatic carbocycles. The van der Waals surface area contributed by atoms with Gasteiger partial charge in [0.05, 0.1) is 0 Å². The highest BCUT2D eigenvalue weighted by Crippen LogP contribution is 2.15. The van der Waals surface area contributed by atoms with Crippen LogP contribution in [0.3, 0.4) is 0 Å². The highest BCUT2D eigenvalue weighted by atomic mass is 16.6. The minimum Gasteiger partial charge on any atom is -0.462 e. The van der Waals surface area contributed by atoms with Gasteiger partial charge in [-0.2, -0.15) is 0 Å². The molecule has 0 spiro atoms. The normalized spacial score (nSPS) is 12.7. The van der Waals surface area contributed by atoms with Gasteiger partial charge in [0.25, 0.3) is 0 Å². The Kier molecular flexibility index (Phi) is 56.3. The van der Waals surface area contributed by atoms with E-state index in [1.165, 1.54) is 148 Å². The van der Waals surface area contributed by atoms with Crippen molar-refractivity contribution in [1.29, 1.82) is 0 Å². The van der Waals surface area contributed by atoms with Crippen molar-refractivity contribution in [3.8, 4) is 0 Å². The maximum absolute atomic E-state index is 12.9. The first-order valence-electron chi connectivity index (χ1n) is 30.1. The second-order valence-corrected chi connectivity index (χ2v) is 19.9. The minimum absolute atomic E-state index is 0.0916. The molecule has 408 valence electrons. The van der Waals surface area contributed by atoms with Crippen molar-refractivity contribution in [1.82, 2.24) is 0 Å². The van der Waals surface area contributed by atoms with Crippen LogP contribution in [0.4, 0.5) is 0 Å². The summed E-state index contributed by atoms with van der Waals surface area (Å²) in [6.07, 6.45) is 77.2. The van der Waals surface area contributed by atoms with Crippen molar-refractivity contribution >= 4 is 17.9 Å². The predicted molar refractivity (Wildman–Crippen MR) is 307 cm³/mol. The van der Waals surface area contributed by atoms with E-state index in [4.69, 9.17) is 14.2 Å². The minimum atomic E-state index is -0.796. The molecule has 0 aliphatic rings. The topological polar surface area (TPSA) is 78.9 Å². The van der Waals surface area contributed by atoms with Crippen LogP contribution in [0, 0.1) is 0 Å². The van der Waals surface area contributed by atoms with Gasteiger partial charge in [-0.1, -0.05) is 241 Å². The van der Waals surface area contributed by atoms with E-state index < -0.39 is 6.10 Å². The molecule has 0 radical (unpaired) electrons. The Morgan fingerprint density at radius 1 is 0.296 bits per heavy atom. The maximum atomic E-state index is 12.9. The second kappa shape index (κ2) is 59.2. The maximum Gasteiger partial charge on any atom is 0.306 e. The zero-order valence-electron chi connectivity index (χ0n) is 46.7. The van der Waals surface area contributed by atoms with Crippen molar-refractivity contribution in [3.63, 3.8) is 0 Å². The molecule has 0 amide bonds. The molecule has 0 saturated heterocycles. The van der Waals surface area contributed by atoms with E-state index >= 15 is 0 Å². The first-order valence-corrected chi connectivity index (χ1v) is 30.1. The highest BCUT2D eigenvalue weighted by molar-refractivity contribution is 5.71. The van der Waals surface area contributed by atoms with E-state index in [1.54, 1.807) is 0 Å². The van der Waals surface area contributed by atoms with Gasteiger partial charge in [-0.05, 0) is 116 Å². The number of allylic oxidation sites excluding steroid dienone is 14. The van der Waals surface area contributed by atoms with Gasteiger partial charge >= 0.3 is 17.9 Å². The Morgan fingerprint density at radius 3 is 0.887 bits per heavy atom. The number of unbranched alkanes of at least 4 members (excludes halogenated alkanes) is 29. The van der Waals surface area contributed by atoms with E-state index in [9.17, 15) is 14.4 Å². The lowest BCUT2D eigenvalue weighted by Gasteiger charge is -2.18. The van der Waals surface area contributed by atoms with Crippen LogP contribution in [0.2, 0.25) is 0 Å². The number of rotatable bonds is 54. The fraction of sp³-hybridized carbons (Fsp3) is 0.738. The van der Waals surface area contributed by atoms with Gasteiger partial charge in [-0.25, -0.2) is 0 Å². The zero-order chi connectivity index (χ0) is 51.4. The molecule has 0 aliphatic heterocycles. The third kappa shape index (κ3) is 57.4. The Labute approximate surface area is 439 Å². The number of carbonyl (C=O) groups is 3. The SMILES string of the molecule is CC/C=C\C/C=C\C/C=C\C/C=C\C/C=C\CCCCCC(=O)OCC(COC(=O)CCCCCCC/C=C\CCCCCCCC)OC(=O)CCCCCCCCCCC/C=C\CCCCCCCC. The second-order valence-electron chi connectivity index (χ2n) is 19.9. The van der Waals surface area contributed by atoms with E-state index in [0.717, 1.165) is 103 Å². The van der Waals surface area contributed by atoms with Crippen LogP contribution in [0.1, 0.15) is 290 Å². The van der Waals surface area contributed by atoms with Crippen molar-refractivity contribution in [2.24, 2.45) is 0 Å². The molecule has 0 aliphatic carbocycles. The fourth-order valence-electron chi connectivity index (χ4n) is 8.34. The number of esters is 3. The van der Waals surface area contributed by atoms with Crippen molar-refractivity contribution in [2.45, 2.75) is 297 Å². The summed E-state index contributed by atoms with van der Waals surface area (Å²) in [6.45, 7) is 6.50. The third-order valence-corrected chi connectivity index (χ3v) is 12.9. The molecule has 0 bridgehead atoms. The Morgan fingerprint density at radius 2 is 0.549 bits per heavy atom. The summed E-state index contributed by atoms with van der Waals surface area (Å²) in [4.78, 5) is 38.2. The summed E-state index contributed by atoms with van der Waals surface area (Å²) < 4.78 is 16.9. The molecule has 0 aromatic heterocycles. The summed E-state index contributed by atoms with van der Waals surface area (Å²) in [5.41, 5.74) is 0. The molecule has 6 nitrogen and oxygen atoms in total. The lowest BCUT2D eigenvalue weighted by atomic mass is 10.1. The van der Waals surface area contributed by atoms with Crippen LogP contribution in [0.15, 0.2) is 85.1 Å². The van der Waals surface area contributed by atoms with Gasteiger partial charge in [0.15, 0.2) is 6.10 Å². The molecule has 0 saturated carbocycles. The number of ether oxygens (including phenoxy) is 3. The summed E-state index contributed by atoms with van der Waals surface area (Å²) in [6, 6.07) is 0. The van der Waals surface area contributed by atoms with Gasteiger partial charge in [-0.15, -0.1) is 0 Å². The molecule has 0 heterocycles. The van der Waals surface area contributed by atoms with Crippen LogP contribution in [0.5, 0.6) is 0 Å². The van der Waals surface area contributed by atoms with Crippen molar-refractivity contribution < 1.29 is 28.6 Å². The van der Waals surface area contributed by atoms with Gasteiger partial charge in [0, 0.05) is 19.3 Å². The standard InChI is InChI=1S/C65H112O6/c1-4-7-10-13-16-19-22-25-28-30-32-34-37-40-43-46-49-52-55-58-64(67)70-61-62(60-69-63(66)57-54-51-48-45-42-39-36-27-24-21-18-15-12-9-6-3)71-65(68)59-56-53-50-47-44-41-38-35-33-31-29-26-23-20-17-14-11-8-5-2/h7,10,16,19,25-29,32,34,36,40,43,62H,4-6,8-9,11-15,17-18,20-24,30-31,33,35,37-39,41-42,44-61H2,1-3H3/b10-7-,19-16-,28-25-,29-26-,34-32-,36-27-,43-40-. The molecule has 6 heteroatoms. The molecule has 0 fully saturated rings. The average Bonchev–Trinajstić information content (AvgIpc) is 3.37. The summed E-state index contributed by atoms with van der Waals surface area (Å²) in [5.74, 6) is -0.926. The van der Waals surface area contributed by atoms with Gasteiger partial charge in [-0.3, -0.25) is 14.4 Å². The van der Waals surface area contributed by atoms with Crippen LogP contribution in [-0.4, -0.2) is 37.2 Å². The summed E-state index contributed by atoms with van der Waals surface area (Å²) in [7, 11) is 0. The molecule has 0 rings (SSSR count). The largest absolute Gasteiger partial charge is 0.462 e. The van der Waals surface area contributed by atoms with E-state index in [0.29, 0.717) is 19.3 Å². The Bertz CT molecular complexity index is 1370. The number of hydrogen-bond acceptors (Lipinski definition) is 6. The molecule has 0 N–H and O–H groups in total. The third-order valence-electron chi connectivity index (χ3n) is 12.9. The van der Waals surface area contributed by atoms with Crippen LogP contribution >= 0.6 is 0 Å². The number of carbonyl (C=O) groups excluding carboxylic acids is 3. The molecule has 0 aromatic rings. The van der Waals surface area contributed by atoms with Gasteiger partial charge in [0.2, 0.25) is 0 Å². The lowest BCUT2D eigenvalue weighted by molar-refractivity contribution is -0.167. The molecular weight excluding hydrogens is 877 g/mol. The molecular formula is C65H112O6. The van der Waals surface area contributed by atoms with Crippen molar-refractivity contribution in [3.05, 3.63) is 85.1 Å².